The summed E-state index contributed by atoms with van der Waals surface area (Å²) in [5.74, 6) is -0.121. The third-order valence-electron chi connectivity index (χ3n) is 7.34. The summed E-state index contributed by atoms with van der Waals surface area (Å²) in [6.07, 6.45) is 7.87. The van der Waals surface area contributed by atoms with E-state index in [1.54, 1.807) is 0 Å². The van der Waals surface area contributed by atoms with Crippen molar-refractivity contribution in [1.29, 1.82) is 0 Å². The average Bonchev–Trinajstić information content (AvgIpc) is 2.86. The maximum Gasteiger partial charge on any atom is 0.129 e. The Hall–Kier alpha value is -2.52. The lowest BCUT2D eigenvalue weighted by atomic mass is 9.83. The molecular formula is C31H36F2O. The van der Waals surface area contributed by atoms with Gasteiger partial charge < -0.3 is 4.74 Å². The molecule has 1 aliphatic rings. The summed E-state index contributed by atoms with van der Waals surface area (Å²) >= 11 is 0. The first-order valence-corrected chi connectivity index (χ1v) is 12.8. The zero-order chi connectivity index (χ0) is 23.9. The van der Waals surface area contributed by atoms with Gasteiger partial charge in [0.2, 0.25) is 0 Å². The van der Waals surface area contributed by atoms with E-state index in [0.29, 0.717) is 18.1 Å². The first kappa shape index (κ1) is 24.6. The molecule has 0 saturated heterocycles. The lowest BCUT2D eigenvalue weighted by Crippen LogP contribution is -2.21. The molecule has 0 aliphatic heterocycles. The first-order chi connectivity index (χ1) is 16.5. The number of halogens is 2. The molecule has 3 heteroatoms. The Morgan fingerprint density at radius 3 is 2.12 bits per heavy atom. The van der Waals surface area contributed by atoms with Crippen molar-refractivity contribution < 1.29 is 13.5 Å². The Morgan fingerprint density at radius 1 is 0.853 bits per heavy atom. The highest BCUT2D eigenvalue weighted by Crippen LogP contribution is 2.31. The molecule has 0 bridgehead atoms. The summed E-state index contributed by atoms with van der Waals surface area (Å²) in [5, 5.41) is 0. The van der Waals surface area contributed by atoms with Gasteiger partial charge in [0.15, 0.2) is 0 Å². The van der Waals surface area contributed by atoms with Gasteiger partial charge in [-0.2, -0.15) is 0 Å². The molecule has 1 aliphatic carbocycles. The summed E-state index contributed by atoms with van der Waals surface area (Å²) in [6, 6.07) is 21.0. The van der Waals surface area contributed by atoms with Gasteiger partial charge in [0.1, 0.15) is 11.6 Å². The van der Waals surface area contributed by atoms with Crippen molar-refractivity contribution in [2.75, 3.05) is 6.61 Å². The van der Waals surface area contributed by atoms with Crippen LogP contribution in [0.3, 0.4) is 0 Å². The van der Waals surface area contributed by atoms with Crippen LogP contribution in [0.4, 0.5) is 8.78 Å². The number of hydrogen-bond acceptors (Lipinski definition) is 1. The highest BCUT2D eigenvalue weighted by Gasteiger charge is 2.21. The summed E-state index contributed by atoms with van der Waals surface area (Å²) in [7, 11) is 0. The van der Waals surface area contributed by atoms with Crippen LogP contribution in [0.1, 0.15) is 68.6 Å². The van der Waals surface area contributed by atoms with Gasteiger partial charge in [0.25, 0.3) is 0 Å². The monoisotopic (exact) mass is 462 g/mol. The number of ether oxygens (including phenoxy) is 1. The lowest BCUT2D eigenvalue weighted by Gasteiger charge is -2.28. The quantitative estimate of drug-likeness (QED) is 0.310. The van der Waals surface area contributed by atoms with Gasteiger partial charge in [-0.1, -0.05) is 61.5 Å². The normalized spacial score (nSPS) is 19.2. The van der Waals surface area contributed by atoms with Crippen molar-refractivity contribution in [3.63, 3.8) is 0 Å². The second-order valence-corrected chi connectivity index (χ2v) is 9.77. The fraction of sp³-hybridized carbons (Fsp3) is 0.419. The minimum absolute atomic E-state index is 0.0459. The lowest BCUT2D eigenvalue weighted by molar-refractivity contribution is 0.0248. The zero-order valence-electron chi connectivity index (χ0n) is 20.4. The average molecular weight is 463 g/mol. The Balaban J connectivity index is 1.36. The molecule has 0 unspecified atom stereocenters. The molecule has 3 aromatic carbocycles. The van der Waals surface area contributed by atoms with Crippen molar-refractivity contribution in [2.24, 2.45) is 5.92 Å². The maximum absolute atomic E-state index is 14.9. The van der Waals surface area contributed by atoms with Gasteiger partial charge in [-0.15, -0.1) is 0 Å². The Labute approximate surface area is 203 Å². The van der Waals surface area contributed by atoms with E-state index in [0.717, 1.165) is 30.1 Å². The molecule has 3 aromatic rings. The van der Waals surface area contributed by atoms with Gasteiger partial charge in [-0.3, -0.25) is 0 Å². The molecule has 0 aromatic heterocycles. The first-order valence-electron chi connectivity index (χ1n) is 12.8. The Morgan fingerprint density at radius 2 is 1.50 bits per heavy atom. The van der Waals surface area contributed by atoms with Gasteiger partial charge in [0.05, 0.1) is 6.10 Å². The molecule has 1 atom stereocenters. The highest BCUT2D eigenvalue weighted by atomic mass is 19.1. The SMILES string of the molecule is CCOC1CCC(CCc2ccc(-c3cc(F)c(C[C@@H](C)c4ccccc4)c(F)c3)cc2)CC1. The molecule has 0 spiro atoms. The van der Waals surface area contributed by atoms with Gasteiger partial charge in [-0.25, -0.2) is 8.78 Å². The minimum atomic E-state index is -0.468. The molecule has 34 heavy (non-hydrogen) atoms. The number of benzene rings is 3. The number of aryl methyl sites for hydroxylation is 1. The van der Waals surface area contributed by atoms with Gasteiger partial charge >= 0.3 is 0 Å². The van der Waals surface area contributed by atoms with Crippen LogP contribution in [-0.2, 0) is 17.6 Å². The van der Waals surface area contributed by atoms with Crippen LogP contribution < -0.4 is 0 Å². The topological polar surface area (TPSA) is 9.23 Å². The standard InChI is InChI=1S/C31H36F2O/c1-3-34-28-17-13-24(14-18-28)10-9-23-11-15-26(16-12-23)27-20-30(32)29(31(33)21-27)19-22(2)25-7-5-4-6-8-25/h4-8,11-12,15-16,20-22,24,28H,3,9-10,13-14,17-19H2,1-2H3/t22-,24?,28?/m1/s1. The molecule has 0 amide bonds. The van der Waals surface area contributed by atoms with E-state index in [2.05, 4.69) is 19.1 Å². The third kappa shape index (κ3) is 6.33. The molecule has 4 rings (SSSR count). The van der Waals surface area contributed by atoms with E-state index < -0.39 is 11.6 Å². The molecule has 180 valence electrons. The van der Waals surface area contributed by atoms with Crippen LogP contribution in [0.25, 0.3) is 11.1 Å². The summed E-state index contributed by atoms with van der Waals surface area (Å²) in [6.45, 7) is 4.88. The molecule has 0 heterocycles. The second kappa shape index (κ2) is 11.8. The van der Waals surface area contributed by atoms with Crippen molar-refractivity contribution in [3.8, 4) is 11.1 Å². The van der Waals surface area contributed by atoms with Crippen LogP contribution in [0, 0.1) is 17.6 Å². The smallest absolute Gasteiger partial charge is 0.129 e. The van der Waals surface area contributed by atoms with E-state index >= 15 is 0 Å². The van der Waals surface area contributed by atoms with Crippen molar-refractivity contribution in [1.82, 2.24) is 0 Å². The van der Waals surface area contributed by atoms with Crippen molar-refractivity contribution >= 4 is 0 Å². The van der Waals surface area contributed by atoms with Crippen LogP contribution in [0.5, 0.6) is 0 Å². The number of hydrogen-bond donors (Lipinski definition) is 0. The summed E-state index contributed by atoms with van der Waals surface area (Å²) < 4.78 is 35.6. The van der Waals surface area contributed by atoms with Crippen LogP contribution >= 0.6 is 0 Å². The molecule has 1 nitrogen and oxygen atoms in total. The Bertz CT molecular complexity index is 1010. The van der Waals surface area contributed by atoms with E-state index in [1.807, 2.05) is 49.4 Å². The van der Waals surface area contributed by atoms with E-state index in [1.165, 1.54) is 49.8 Å². The largest absolute Gasteiger partial charge is 0.379 e. The van der Waals surface area contributed by atoms with E-state index in [-0.39, 0.29) is 11.5 Å². The van der Waals surface area contributed by atoms with E-state index in [4.69, 9.17) is 4.74 Å². The van der Waals surface area contributed by atoms with Gasteiger partial charge in [-0.05, 0) is 98.1 Å². The Kier molecular flexibility index (Phi) is 8.50. The van der Waals surface area contributed by atoms with Crippen molar-refractivity contribution in [2.45, 2.75) is 70.8 Å². The minimum Gasteiger partial charge on any atom is -0.379 e. The van der Waals surface area contributed by atoms with Crippen LogP contribution in [-0.4, -0.2) is 12.7 Å². The molecule has 1 fully saturated rings. The van der Waals surface area contributed by atoms with Gasteiger partial charge in [0, 0.05) is 12.2 Å². The second-order valence-electron chi connectivity index (χ2n) is 9.77. The number of rotatable bonds is 9. The summed E-state index contributed by atoms with van der Waals surface area (Å²) in [5.41, 5.74) is 3.97. The molecular weight excluding hydrogens is 426 g/mol. The van der Waals surface area contributed by atoms with Crippen LogP contribution in [0.2, 0.25) is 0 Å². The van der Waals surface area contributed by atoms with Crippen molar-refractivity contribution in [3.05, 3.63) is 95.1 Å². The zero-order valence-corrected chi connectivity index (χ0v) is 20.4. The highest BCUT2D eigenvalue weighted by molar-refractivity contribution is 5.64. The summed E-state index contributed by atoms with van der Waals surface area (Å²) in [4.78, 5) is 0. The molecule has 0 radical (unpaired) electrons. The maximum atomic E-state index is 14.9. The van der Waals surface area contributed by atoms with E-state index in [9.17, 15) is 8.78 Å². The fourth-order valence-corrected chi connectivity index (χ4v) is 5.23. The fourth-order valence-electron chi connectivity index (χ4n) is 5.23. The van der Waals surface area contributed by atoms with Crippen LogP contribution in [0.15, 0.2) is 66.7 Å². The molecule has 1 saturated carbocycles. The third-order valence-corrected chi connectivity index (χ3v) is 7.34. The molecule has 0 N–H and O–H groups in total. The predicted octanol–water partition coefficient (Wildman–Crippen LogP) is 8.51. The predicted molar refractivity (Wildman–Crippen MR) is 136 cm³/mol.